The molecule has 20 heavy (non-hydrogen) atoms. The van der Waals surface area contributed by atoms with E-state index in [4.69, 9.17) is 5.73 Å². The zero-order valence-corrected chi connectivity index (χ0v) is 14.4. The highest BCUT2D eigenvalue weighted by molar-refractivity contribution is 7.12. The Morgan fingerprint density at radius 1 is 1.30 bits per heavy atom. The minimum Gasteiger partial charge on any atom is -0.329 e. The van der Waals surface area contributed by atoms with Crippen LogP contribution in [0.3, 0.4) is 0 Å². The van der Waals surface area contributed by atoms with Crippen molar-refractivity contribution in [2.75, 3.05) is 6.54 Å². The van der Waals surface area contributed by atoms with E-state index in [-0.39, 0.29) is 0 Å². The third-order valence-electron chi connectivity index (χ3n) is 3.64. The SMILES string of the molecule is Cc1cc(C(CN)N(Cc2cccs2)C(C)C)c(C)s1. The standard InChI is InChI=1S/C16H24N2S2/c1-11(2)18(10-14-6-5-7-19-14)16(9-17)15-8-12(3)20-13(15)4/h5-8,11,16H,9-10,17H2,1-4H3. The highest BCUT2D eigenvalue weighted by Gasteiger charge is 2.24. The van der Waals surface area contributed by atoms with Crippen molar-refractivity contribution in [3.05, 3.63) is 43.8 Å². The molecule has 2 aromatic rings. The van der Waals surface area contributed by atoms with E-state index >= 15 is 0 Å². The van der Waals surface area contributed by atoms with Gasteiger partial charge < -0.3 is 5.73 Å². The Balaban J connectivity index is 2.27. The summed E-state index contributed by atoms with van der Waals surface area (Å²) in [6.07, 6.45) is 0. The minimum absolute atomic E-state index is 0.307. The molecule has 0 aliphatic carbocycles. The molecule has 0 aromatic carbocycles. The van der Waals surface area contributed by atoms with E-state index in [2.05, 4.69) is 56.2 Å². The van der Waals surface area contributed by atoms with Crippen LogP contribution in [0.25, 0.3) is 0 Å². The normalized spacial score (nSPS) is 13.3. The van der Waals surface area contributed by atoms with E-state index in [1.807, 2.05) is 22.7 Å². The van der Waals surface area contributed by atoms with Crippen LogP contribution in [0.4, 0.5) is 0 Å². The van der Waals surface area contributed by atoms with Crippen LogP contribution in [-0.4, -0.2) is 17.5 Å². The fourth-order valence-electron chi connectivity index (χ4n) is 2.66. The first kappa shape index (κ1) is 15.7. The Kier molecular flexibility index (Phi) is 5.38. The van der Waals surface area contributed by atoms with Gasteiger partial charge in [0.25, 0.3) is 0 Å². The maximum atomic E-state index is 6.12. The number of hydrogen-bond donors (Lipinski definition) is 1. The summed E-state index contributed by atoms with van der Waals surface area (Å²) < 4.78 is 0. The van der Waals surface area contributed by atoms with Crippen molar-refractivity contribution in [2.45, 2.75) is 46.3 Å². The molecule has 0 radical (unpaired) electrons. The molecule has 0 aliphatic rings. The topological polar surface area (TPSA) is 29.3 Å². The summed E-state index contributed by atoms with van der Waals surface area (Å²) in [5, 5.41) is 2.14. The minimum atomic E-state index is 0.307. The predicted molar refractivity (Wildman–Crippen MR) is 90.6 cm³/mol. The van der Waals surface area contributed by atoms with E-state index in [0.29, 0.717) is 18.6 Å². The van der Waals surface area contributed by atoms with Gasteiger partial charge in [0.2, 0.25) is 0 Å². The molecule has 110 valence electrons. The number of hydrogen-bond acceptors (Lipinski definition) is 4. The number of nitrogens with two attached hydrogens (primary N) is 1. The van der Waals surface area contributed by atoms with Crippen LogP contribution in [-0.2, 0) is 6.54 Å². The molecular formula is C16H24N2S2. The lowest BCUT2D eigenvalue weighted by Gasteiger charge is -2.34. The summed E-state index contributed by atoms with van der Waals surface area (Å²) in [6.45, 7) is 10.5. The van der Waals surface area contributed by atoms with Crippen LogP contribution in [0, 0.1) is 13.8 Å². The molecule has 0 saturated carbocycles. The molecule has 1 atom stereocenters. The molecule has 2 heterocycles. The highest BCUT2D eigenvalue weighted by Crippen LogP contribution is 2.32. The van der Waals surface area contributed by atoms with Gasteiger partial charge in [-0.2, -0.15) is 0 Å². The van der Waals surface area contributed by atoms with Crippen molar-refractivity contribution in [3.8, 4) is 0 Å². The van der Waals surface area contributed by atoms with E-state index in [0.717, 1.165) is 6.54 Å². The largest absolute Gasteiger partial charge is 0.329 e. The van der Waals surface area contributed by atoms with Gasteiger partial charge in [-0.15, -0.1) is 22.7 Å². The molecule has 0 fully saturated rings. The Labute approximate surface area is 130 Å². The quantitative estimate of drug-likeness (QED) is 0.860. The molecule has 2 nitrogen and oxygen atoms in total. The lowest BCUT2D eigenvalue weighted by Crippen LogP contribution is -2.38. The Morgan fingerprint density at radius 2 is 2.05 bits per heavy atom. The van der Waals surface area contributed by atoms with Crippen molar-refractivity contribution in [1.82, 2.24) is 4.90 Å². The van der Waals surface area contributed by atoms with Crippen molar-refractivity contribution in [2.24, 2.45) is 5.73 Å². The molecule has 2 aromatic heterocycles. The van der Waals surface area contributed by atoms with Crippen LogP contribution < -0.4 is 5.73 Å². The molecule has 0 spiro atoms. The Hall–Kier alpha value is -0.680. The average molecular weight is 309 g/mol. The Morgan fingerprint density at radius 3 is 2.50 bits per heavy atom. The van der Waals surface area contributed by atoms with E-state index < -0.39 is 0 Å². The van der Waals surface area contributed by atoms with Crippen LogP contribution >= 0.6 is 22.7 Å². The van der Waals surface area contributed by atoms with Crippen molar-refractivity contribution >= 4 is 22.7 Å². The van der Waals surface area contributed by atoms with Gasteiger partial charge in [0.05, 0.1) is 0 Å². The van der Waals surface area contributed by atoms with E-state index in [1.165, 1.54) is 20.2 Å². The lowest BCUT2D eigenvalue weighted by atomic mass is 10.0. The summed E-state index contributed by atoms with van der Waals surface area (Å²) in [7, 11) is 0. The second kappa shape index (κ2) is 6.85. The first-order valence-electron chi connectivity index (χ1n) is 7.08. The molecule has 2 rings (SSSR count). The van der Waals surface area contributed by atoms with Crippen LogP contribution in [0.15, 0.2) is 23.6 Å². The summed E-state index contributed by atoms with van der Waals surface area (Å²) in [5.74, 6) is 0. The second-order valence-corrected chi connectivity index (χ2v) is 7.96. The zero-order valence-electron chi connectivity index (χ0n) is 12.7. The van der Waals surface area contributed by atoms with Gasteiger partial charge in [-0.3, -0.25) is 4.90 Å². The fourth-order valence-corrected chi connectivity index (χ4v) is 4.35. The maximum absolute atomic E-state index is 6.12. The number of aryl methyl sites for hydroxylation is 2. The van der Waals surface area contributed by atoms with Gasteiger partial charge in [-0.25, -0.2) is 0 Å². The average Bonchev–Trinajstić information content (AvgIpc) is 2.99. The zero-order chi connectivity index (χ0) is 14.7. The molecular weight excluding hydrogens is 284 g/mol. The number of rotatable bonds is 6. The van der Waals surface area contributed by atoms with Crippen LogP contribution in [0.1, 0.15) is 40.1 Å². The lowest BCUT2D eigenvalue weighted by molar-refractivity contribution is 0.149. The van der Waals surface area contributed by atoms with Gasteiger partial charge in [0.1, 0.15) is 0 Å². The number of nitrogens with zero attached hydrogens (tertiary/aromatic N) is 1. The van der Waals surface area contributed by atoms with Gasteiger partial charge in [0.15, 0.2) is 0 Å². The molecule has 2 N–H and O–H groups in total. The summed E-state index contributed by atoms with van der Waals surface area (Å²) in [5.41, 5.74) is 7.52. The van der Waals surface area contributed by atoms with Crippen LogP contribution in [0.5, 0.6) is 0 Å². The molecule has 1 unspecified atom stereocenters. The third-order valence-corrected chi connectivity index (χ3v) is 5.49. The van der Waals surface area contributed by atoms with Gasteiger partial charge in [-0.05, 0) is 50.8 Å². The van der Waals surface area contributed by atoms with Gasteiger partial charge in [0, 0.05) is 39.8 Å². The summed E-state index contributed by atoms with van der Waals surface area (Å²) in [4.78, 5) is 6.69. The molecule has 4 heteroatoms. The summed E-state index contributed by atoms with van der Waals surface area (Å²) >= 11 is 3.69. The van der Waals surface area contributed by atoms with Crippen molar-refractivity contribution in [1.29, 1.82) is 0 Å². The first-order chi connectivity index (χ1) is 9.52. The maximum Gasteiger partial charge on any atom is 0.0488 e. The smallest absolute Gasteiger partial charge is 0.0488 e. The van der Waals surface area contributed by atoms with E-state index in [1.54, 1.807) is 0 Å². The fraction of sp³-hybridized carbons (Fsp3) is 0.500. The highest BCUT2D eigenvalue weighted by atomic mass is 32.1. The molecule has 0 bridgehead atoms. The predicted octanol–water partition coefficient (Wildman–Crippen LogP) is 4.34. The molecule has 0 aliphatic heterocycles. The first-order valence-corrected chi connectivity index (χ1v) is 8.77. The number of thiophene rings is 2. The third kappa shape index (κ3) is 3.50. The van der Waals surface area contributed by atoms with Gasteiger partial charge >= 0.3 is 0 Å². The van der Waals surface area contributed by atoms with Crippen LogP contribution in [0.2, 0.25) is 0 Å². The molecule has 0 saturated heterocycles. The van der Waals surface area contributed by atoms with Crippen molar-refractivity contribution < 1.29 is 0 Å². The monoisotopic (exact) mass is 308 g/mol. The van der Waals surface area contributed by atoms with Crippen molar-refractivity contribution in [3.63, 3.8) is 0 Å². The summed E-state index contributed by atoms with van der Waals surface area (Å²) in [6, 6.07) is 7.42. The molecule has 0 amide bonds. The Bertz CT molecular complexity index is 529. The second-order valence-electron chi connectivity index (χ2n) is 5.47. The van der Waals surface area contributed by atoms with Gasteiger partial charge in [-0.1, -0.05) is 6.07 Å². The van der Waals surface area contributed by atoms with E-state index in [9.17, 15) is 0 Å².